The second-order valence-corrected chi connectivity index (χ2v) is 7.12. The minimum atomic E-state index is 0.385. The van der Waals surface area contributed by atoms with Gasteiger partial charge in [-0.25, -0.2) is 4.98 Å². The van der Waals surface area contributed by atoms with Crippen molar-refractivity contribution in [1.29, 1.82) is 0 Å². The van der Waals surface area contributed by atoms with E-state index < -0.39 is 0 Å². The number of imidazole rings is 1. The van der Waals surface area contributed by atoms with E-state index in [0.29, 0.717) is 6.61 Å². The highest BCUT2D eigenvalue weighted by molar-refractivity contribution is 9.10. The Morgan fingerprint density at radius 3 is 2.59 bits per heavy atom. The van der Waals surface area contributed by atoms with Gasteiger partial charge in [0.15, 0.2) is 0 Å². The van der Waals surface area contributed by atoms with E-state index in [0.717, 1.165) is 39.4 Å². The van der Waals surface area contributed by atoms with Crippen LogP contribution >= 0.6 is 15.9 Å². The molecule has 1 heterocycles. The predicted octanol–water partition coefficient (Wildman–Crippen LogP) is 5.43. The molecule has 0 spiro atoms. The van der Waals surface area contributed by atoms with Gasteiger partial charge in [-0.2, -0.15) is 0 Å². The van der Waals surface area contributed by atoms with Crippen molar-refractivity contribution in [2.45, 2.75) is 13.2 Å². The van der Waals surface area contributed by atoms with E-state index in [1.807, 2.05) is 54.6 Å². The van der Waals surface area contributed by atoms with Gasteiger partial charge in [0, 0.05) is 17.1 Å². The quantitative estimate of drug-likeness (QED) is 0.415. The fourth-order valence-electron chi connectivity index (χ4n) is 3.07. The van der Waals surface area contributed by atoms with Crippen LogP contribution in [0.15, 0.2) is 77.3 Å². The highest BCUT2D eigenvalue weighted by Crippen LogP contribution is 2.23. The van der Waals surface area contributed by atoms with Crippen molar-refractivity contribution in [3.8, 4) is 11.5 Å². The molecule has 1 aromatic heterocycles. The highest BCUT2D eigenvalue weighted by Gasteiger charge is 2.12. The molecule has 0 atom stereocenters. The van der Waals surface area contributed by atoms with E-state index in [9.17, 15) is 0 Å². The van der Waals surface area contributed by atoms with Crippen molar-refractivity contribution < 1.29 is 9.47 Å². The molecule has 0 saturated heterocycles. The van der Waals surface area contributed by atoms with E-state index in [4.69, 9.17) is 14.5 Å². The SMILES string of the molecule is COc1cccc(OCc2nc3ccccc3n2Cc2cccc(Br)c2)c1. The van der Waals surface area contributed by atoms with Crippen LogP contribution < -0.4 is 9.47 Å². The average Bonchev–Trinajstić information content (AvgIpc) is 3.04. The zero-order chi connectivity index (χ0) is 18.6. The third-order valence-electron chi connectivity index (χ3n) is 4.37. The lowest BCUT2D eigenvalue weighted by Gasteiger charge is -2.11. The van der Waals surface area contributed by atoms with Gasteiger partial charge in [0.2, 0.25) is 0 Å². The Balaban J connectivity index is 1.65. The monoisotopic (exact) mass is 422 g/mol. The highest BCUT2D eigenvalue weighted by atomic mass is 79.9. The number of nitrogens with zero attached hydrogens (tertiary/aromatic N) is 2. The molecule has 0 fully saturated rings. The maximum atomic E-state index is 5.99. The first-order valence-corrected chi connectivity index (χ1v) is 9.47. The zero-order valence-corrected chi connectivity index (χ0v) is 16.5. The lowest BCUT2D eigenvalue weighted by Crippen LogP contribution is -2.08. The smallest absolute Gasteiger partial charge is 0.148 e. The molecule has 0 amide bonds. The third kappa shape index (κ3) is 3.98. The van der Waals surface area contributed by atoms with Gasteiger partial charge < -0.3 is 14.0 Å². The molecule has 27 heavy (non-hydrogen) atoms. The standard InChI is InChI=1S/C22H19BrN2O2/c1-26-18-8-5-9-19(13-18)27-15-22-24-20-10-2-3-11-21(20)25(22)14-16-6-4-7-17(23)12-16/h2-13H,14-15H2,1H3. The van der Waals surface area contributed by atoms with E-state index in [1.54, 1.807) is 7.11 Å². The first-order chi connectivity index (χ1) is 13.2. The van der Waals surface area contributed by atoms with Crippen molar-refractivity contribution in [1.82, 2.24) is 9.55 Å². The lowest BCUT2D eigenvalue weighted by atomic mass is 10.2. The molecule has 0 aliphatic heterocycles. The molecule has 4 rings (SSSR count). The molecule has 136 valence electrons. The summed E-state index contributed by atoms with van der Waals surface area (Å²) in [6.45, 7) is 1.12. The maximum absolute atomic E-state index is 5.99. The largest absolute Gasteiger partial charge is 0.497 e. The fraction of sp³-hybridized carbons (Fsp3) is 0.136. The predicted molar refractivity (Wildman–Crippen MR) is 110 cm³/mol. The Hall–Kier alpha value is -2.79. The molecule has 0 bridgehead atoms. The molecular weight excluding hydrogens is 404 g/mol. The second kappa shape index (κ2) is 7.84. The van der Waals surface area contributed by atoms with Crippen molar-refractivity contribution in [3.63, 3.8) is 0 Å². The van der Waals surface area contributed by atoms with Crippen LogP contribution in [0.3, 0.4) is 0 Å². The third-order valence-corrected chi connectivity index (χ3v) is 4.87. The van der Waals surface area contributed by atoms with Crippen LogP contribution in [0, 0.1) is 0 Å². The topological polar surface area (TPSA) is 36.3 Å². The second-order valence-electron chi connectivity index (χ2n) is 6.20. The van der Waals surface area contributed by atoms with Gasteiger partial charge in [0.1, 0.15) is 23.9 Å². The number of rotatable bonds is 6. The van der Waals surface area contributed by atoms with Crippen LogP contribution in [-0.2, 0) is 13.2 Å². The van der Waals surface area contributed by atoms with Crippen LogP contribution in [0.1, 0.15) is 11.4 Å². The summed E-state index contributed by atoms with van der Waals surface area (Å²) in [6, 6.07) is 24.1. The number of ether oxygens (including phenoxy) is 2. The summed E-state index contributed by atoms with van der Waals surface area (Å²) in [5.74, 6) is 2.42. The number of hydrogen-bond donors (Lipinski definition) is 0. The fourth-order valence-corrected chi connectivity index (χ4v) is 3.52. The Bertz CT molecular complexity index is 1070. The van der Waals surface area contributed by atoms with Crippen LogP contribution in [0.4, 0.5) is 0 Å². The summed E-state index contributed by atoms with van der Waals surface area (Å²) in [4.78, 5) is 4.78. The van der Waals surface area contributed by atoms with Crippen molar-refractivity contribution in [2.24, 2.45) is 0 Å². The van der Waals surface area contributed by atoms with Crippen molar-refractivity contribution in [2.75, 3.05) is 7.11 Å². The zero-order valence-electron chi connectivity index (χ0n) is 14.9. The molecule has 0 unspecified atom stereocenters. The Labute approximate surface area is 166 Å². The number of methoxy groups -OCH3 is 1. The molecule has 3 aromatic carbocycles. The molecule has 4 aromatic rings. The van der Waals surface area contributed by atoms with Crippen LogP contribution in [0.25, 0.3) is 11.0 Å². The van der Waals surface area contributed by atoms with Gasteiger partial charge >= 0.3 is 0 Å². The molecule has 0 saturated carbocycles. The number of hydrogen-bond acceptors (Lipinski definition) is 3. The number of halogens is 1. The molecule has 5 heteroatoms. The number of benzene rings is 3. The van der Waals surface area contributed by atoms with Gasteiger partial charge in [-0.3, -0.25) is 0 Å². The summed E-state index contributed by atoms with van der Waals surface area (Å²) >= 11 is 3.55. The molecule has 0 radical (unpaired) electrons. The summed E-state index contributed by atoms with van der Waals surface area (Å²) in [6.07, 6.45) is 0. The summed E-state index contributed by atoms with van der Waals surface area (Å²) < 4.78 is 14.5. The lowest BCUT2D eigenvalue weighted by molar-refractivity contribution is 0.289. The Kier molecular flexibility index (Phi) is 5.12. The van der Waals surface area contributed by atoms with Crippen LogP contribution in [-0.4, -0.2) is 16.7 Å². The summed E-state index contributed by atoms with van der Waals surface area (Å²) in [5.41, 5.74) is 3.27. The van der Waals surface area contributed by atoms with Crippen LogP contribution in [0.5, 0.6) is 11.5 Å². The van der Waals surface area contributed by atoms with E-state index in [-0.39, 0.29) is 0 Å². The van der Waals surface area contributed by atoms with Gasteiger partial charge in [0.25, 0.3) is 0 Å². The minimum Gasteiger partial charge on any atom is -0.497 e. The number of fused-ring (bicyclic) bond motifs is 1. The van der Waals surface area contributed by atoms with Crippen LogP contribution in [0.2, 0.25) is 0 Å². The molecule has 0 N–H and O–H groups in total. The Morgan fingerprint density at radius 2 is 1.74 bits per heavy atom. The average molecular weight is 423 g/mol. The van der Waals surface area contributed by atoms with Gasteiger partial charge in [-0.15, -0.1) is 0 Å². The van der Waals surface area contributed by atoms with E-state index in [2.05, 4.69) is 38.7 Å². The minimum absolute atomic E-state index is 0.385. The number of para-hydroxylation sites is 2. The molecule has 4 nitrogen and oxygen atoms in total. The number of aromatic nitrogens is 2. The summed E-state index contributed by atoms with van der Waals surface area (Å²) in [7, 11) is 1.65. The molecule has 0 aliphatic carbocycles. The molecular formula is C22H19BrN2O2. The van der Waals surface area contributed by atoms with Crippen molar-refractivity contribution >= 4 is 27.0 Å². The van der Waals surface area contributed by atoms with Crippen molar-refractivity contribution in [3.05, 3.63) is 88.7 Å². The van der Waals surface area contributed by atoms with Gasteiger partial charge in [-0.05, 0) is 42.0 Å². The normalized spacial score (nSPS) is 10.9. The first-order valence-electron chi connectivity index (χ1n) is 8.68. The summed E-state index contributed by atoms with van der Waals surface area (Å²) in [5, 5.41) is 0. The van der Waals surface area contributed by atoms with E-state index >= 15 is 0 Å². The Morgan fingerprint density at radius 1 is 0.926 bits per heavy atom. The maximum Gasteiger partial charge on any atom is 0.148 e. The van der Waals surface area contributed by atoms with E-state index in [1.165, 1.54) is 5.56 Å². The van der Waals surface area contributed by atoms with Gasteiger partial charge in [-0.1, -0.05) is 46.3 Å². The molecule has 0 aliphatic rings. The first kappa shape index (κ1) is 17.6. The van der Waals surface area contributed by atoms with Gasteiger partial charge in [0.05, 0.1) is 18.1 Å².